The highest BCUT2D eigenvalue weighted by molar-refractivity contribution is 5.74. The monoisotopic (exact) mass is 212 g/mol. The number of carbonyl (C=O) groups is 1. The van der Waals surface area contributed by atoms with Gasteiger partial charge in [-0.2, -0.15) is 0 Å². The van der Waals surface area contributed by atoms with Gasteiger partial charge in [-0.1, -0.05) is 13.8 Å². The van der Waals surface area contributed by atoms with Crippen molar-refractivity contribution in [3.63, 3.8) is 0 Å². The van der Waals surface area contributed by atoms with Gasteiger partial charge in [-0.15, -0.1) is 0 Å². The third-order valence-electron chi connectivity index (χ3n) is 3.64. The van der Waals surface area contributed by atoms with Gasteiger partial charge in [0.25, 0.3) is 0 Å². The lowest BCUT2D eigenvalue weighted by Gasteiger charge is -2.26. The van der Waals surface area contributed by atoms with E-state index in [1.54, 1.807) is 0 Å². The Morgan fingerprint density at radius 3 is 2.40 bits per heavy atom. The fourth-order valence-electron chi connectivity index (χ4n) is 2.27. The molecule has 0 aromatic heterocycles. The number of urea groups is 1. The summed E-state index contributed by atoms with van der Waals surface area (Å²) < 4.78 is 0. The van der Waals surface area contributed by atoms with Gasteiger partial charge in [0.2, 0.25) is 0 Å². The highest BCUT2D eigenvalue weighted by atomic mass is 16.2. The molecular weight excluding hydrogens is 188 g/mol. The van der Waals surface area contributed by atoms with Crippen molar-refractivity contribution < 1.29 is 4.79 Å². The summed E-state index contributed by atoms with van der Waals surface area (Å²) in [6.45, 7) is 10.3. The van der Waals surface area contributed by atoms with Gasteiger partial charge in [0.05, 0.1) is 0 Å². The van der Waals surface area contributed by atoms with Crippen LogP contribution in [0.5, 0.6) is 0 Å². The van der Waals surface area contributed by atoms with E-state index in [1.165, 1.54) is 12.8 Å². The zero-order valence-corrected chi connectivity index (χ0v) is 10.5. The number of carbonyl (C=O) groups excluding carboxylic acids is 1. The molecule has 0 saturated carbocycles. The Hall–Kier alpha value is -0.730. The molecule has 1 aliphatic heterocycles. The second-order valence-electron chi connectivity index (χ2n) is 4.98. The Bertz CT molecular complexity index is 222. The van der Waals surface area contributed by atoms with Gasteiger partial charge in [-0.3, -0.25) is 0 Å². The Balaban J connectivity index is 2.51. The van der Waals surface area contributed by atoms with E-state index >= 15 is 0 Å². The standard InChI is InChI=1S/C12H24N2O/c1-5-12(6-2)7-8-14(9-12)11(15)13-10(3)4/h10H,5-9H2,1-4H3,(H,13,15). The number of hydrogen-bond acceptors (Lipinski definition) is 1. The topological polar surface area (TPSA) is 32.3 Å². The average molecular weight is 212 g/mol. The van der Waals surface area contributed by atoms with Crippen LogP contribution in [-0.2, 0) is 0 Å². The van der Waals surface area contributed by atoms with Crippen LogP contribution in [0.25, 0.3) is 0 Å². The number of rotatable bonds is 3. The summed E-state index contributed by atoms with van der Waals surface area (Å²) in [6, 6.07) is 0.338. The van der Waals surface area contributed by atoms with Gasteiger partial charge < -0.3 is 10.2 Å². The maximum absolute atomic E-state index is 11.8. The van der Waals surface area contributed by atoms with Crippen molar-refractivity contribution in [1.29, 1.82) is 0 Å². The predicted octanol–water partition coefficient (Wildman–Crippen LogP) is 2.62. The lowest BCUT2D eigenvalue weighted by atomic mass is 9.82. The molecule has 0 aliphatic carbocycles. The molecule has 0 unspecified atom stereocenters. The molecule has 3 nitrogen and oxygen atoms in total. The molecule has 0 aromatic carbocycles. The van der Waals surface area contributed by atoms with E-state index in [-0.39, 0.29) is 12.1 Å². The van der Waals surface area contributed by atoms with E-state index < -0.39 is 0 Å². The molecule has 2 amide bonds. The van der Waals surface area contributed by atoms with Crippen LogP contribution in [0.3, 0.4) is 0 Å². The van der Waals surface area contributed by atoms with Crippen LogP contribution in [-0.4, -0.2) is 30.1 Å². The van der Waals surface area contributed by atoms with E-state index in [0.717, 1.165) is 19.5 Å². The smallest absolute Gasteiger partial charge is 0.317 e. The second kappa shape index (κ2) is 4.86. The third kappa shape index (κ3) is 2.86. The number of likely N-dealkylation sites (tertiary alicyclic amines) is 1. The molecule has 1 N–H and O–H groups in total. The van der Waals surface area contributed by atoms with Crippen molar-refractivity contribution >= 4 is 6.03 Å². The fourth-order valence-corrected chi connectivity index (χ4v) is 2.27. The van der Waals surface area contributed by atoms with Crippen molar-refractivity contribution in [3.05, 3.63) is 0 Å². The summed E-state index contributed by atoms with van der Waals surface area (Å²) >= 11 is 0. The van der Waals surface area contributed by atoms with Crippen LogP contribution in [0, 0.1) is 5.41 Å². The first-order valence-corrected chi connectivity index (χ1v) is 6.08. The Morgan fingerprint density at radius 2 is 2.00 bits per heavy atom. The largest absolute Gasteiger partial charge is 0.336 e. The minimum Gasteiger partial charge on any atom is -0.336 e. The summed E-state index contributed by atoms with van der Waals surface area (Å²) in [6.07, 6.45) is 3.51. The van der Waals surface area contributed by atoms with Crippen LogP contribution in [0.1, 0.15) is 47.0 Å². The normalized spacial score (nSPS) is 19.7. The van der Waals surface area contributed by atoms with E-state index in [0.29, 0.717) is 5.41 Å². The molecule has 1 heterocycles. The van der Waals surface area contributed by atoms with Crippen LogP contribution >= 0.6 is 0 Å². The molecular formula is C12H24N2O. The molecule has 0 bridgehead atoms. The van der Waals surface area contributed by atoms with E-state index in [2.05, 4.69) is 19.2 Å². The third-order valence-corrected chi connectivity index (χ3v) is 3.64. The lowest BCUT2D eigenvalue weighted by molar-refractivity contribution is 0.194. The summed E-state index contributed by atoms with van der Waals surface area (Å²) in [5.41, 5.74) is 0.383. The van der Waals surface area contributed by atoms with Crippen LogP contribution in [0.15, 0.2) is 0 Å². The minimum absolute atomic E-state index is 0.105. The summed E-state index contributed by atoms with van der Waals surface area (Å²) in [7, 11) is 0. The van der Waals surface area contributed by atoms with Crippen LogP contribution in [0.2, 0.25) is 0 Å². The second-order valence-corrected chi connectivity index (χ2v) is 4.98. The van der Waals surface area contributed by atoms with Gasteiger partial charge in [-0.25, -0.2) is 4.79 Å². The molecule has 0 radical (unpaired) electrons. The number of nitrogens with one attached hydrogen (secondary N) is 1. The highest BCUT2D eigenvalue weighted by Crippen LogP contribution is 2.36. The molecule has 3 heteroatoms. The summed E-state index contributed by atoms with van der Waals surface area (Å²) in [5, 5.41) is 2.96. The number of amides is 2. The zero-order chi connectivity index (χ0) is 11.5. The lowest BCUT2D eigenvalue weighted by Crippen LogP contribution is -2.42. The molecule has 15 heavy (non-hydrogen) atoms. The first kappa shape index (κ1) is 12.3. The molecule has 1 fully saturated rings. The highest BCUT2D eigenvalue weighted by Gasteiger charge is 2.36. The van der Waals surface area contributed by atoms with Crippen LogP contribution < -0.4 is 5.32 Å². The summed E-state index contributed by atoms with van der Waals surface area (Å²) in [5.74, 6) is 0. The molecule has 1 saturated heterocycles. The van der Waals surface area contributed by atoms with Crippen molar-refractivity contribution in [2.24, 2.45) is 5.41 Å². The molecule has 88 valence electrons. The molecule has 0 atom stereocenters. The minimum atomic E-state index is 0.105. The molecule has 0 spiro atoms. The fraction of sp³-hybridized carbons (Fsp3) is 0.917. The average Bonchev–Trinajstić information content (AvgIpc) is 2.62. The van der Waals surface area contributed by atoms with Crippen molar-refractivity contribution in [2.45, 2.75) is 53.0 Å². The van der Waals surface area contributed by atoms with Crippen molar-refractivity contribution in [1.82, 2.24) is 10.2 Å². The van der Waals surface area contributed by atoms with Crippen LogP contribution in [0.4, 0.5) is 4.79 Å². The molecule has 1 aliphatic rings. The van der Waals surface area contributed by atoms with Gasteiger partial charge >= 0.3 is 6.03 Å². The summed E-state index contributed by atoms with van der Waals surface area (Å²) in [4.78, 5) is 13.8. The zero-order valence-electron chi connectivity index (χ0n) is 10.5. The number of hydrogen-bond donors (Lipinski definition) is 1. The number of nitrogens with zero attached hydrogens (tertiary/aromatic N) is 1. The first-order valence-electron chi connectivity index (χ1n) is 6.08. The maximum atomic E-state index is 11.8. The van der Waals surface area contributed by atoms with E-state index in [4.69, 9.17) is 0 Å². The van der Waals surface area contributed by atoms with Crippen molar-refractivity contribution in [3.8, 4) is 0 Å². The van der Waals surface area contributed by atoms with Crippen molar-refractivity contribution in [2.75, 3.05) is 13.1 Å². The van der Waals surface area contributed by atoms with Gasteiger partial charge in [0.15, 0.2) is 0 Å². The van der Waals surface area contributed by atoms with E-state index in [9.17, 15) is 4.79 Å². The maximum Gasteiger partial charge on any atom is 0.317 e. The predicted molar refractivity (Wildman–Crippen MR) is 62.9 cm³/mol. The Morgan fingerprint density at radius 1 is 1.40 bits per heavy atom. The van der Waals surface area contributed by atoms with Gasteiger partial charge in [-0.05, 0) is 38.5 Å². The van der Waals surface area contributed by atoms with Gasteiger partial charge in [0.1, 0.15) is 0 Å². The van der Waals surface area contributed by atoms with E-state index in [1.807, 2.05) is 18.7 Å². The Labute approximate surface area is 93.2 Å². The molecule has 1 rings (SSSR count). The first-order chi connectivity index (χ1) is 7.03. The van der Waals surface area contributed by atoms with Gasteiger partial charge in [0, 0.05) is 19.1 Å². The molecule has 0 aromatic rings. The quantitative estimate of drug-likeness (QED) is 0.766. The Kier molecular flexibility index (Phi) is 4.00. The SMILES string of the molecule is CCC1(CC)CCN(C(=O)NC(C)C)C1.